The Balaban J connectivity index is 1.71. The van der Waals surface area contributed by atoms with Crippen molar-refractivity contribution >= 4 is 0 Å². The molecule has 0 aliphatic carbocycles. The Kier molecular flexibility index (Phi) is 3.47. The van der Waals surface area contributed by atoms with Crippen LogP contribution >= 0.6 is 0 Å². The maximum absolute atomic E-state index is 6.32. The highest BCUT2D eigenvalue weighted by molar-refractivity contribution is 5.45. The summed E-state index contributed by atoms with van der Waals surface area (Å²) in [6.07, 6.45) is 6.53. The van der Waals surface area contributed by atoms with Crippen LogP contribution < -0.4 is 10.5 Å². The number of benzene rings is 1. The van der Waals surface area contributed by atoms with Crippen molar-refractivity contribution in [3.8, 4) is 5.75 Å². The predicted molar refractivity (Wildman–Crippen MR) is 75.1 cm³/mol. The molecule has 1 unspecified atom stereocenters. The van der Waals surface area contributed by atoms with Crippen molar-refractivity contribution in [3.63, 3.8) is 0 Å². The van der Waals surface area contributed by atoms with E-state index in [-0.39, 0.29) is 6.04 Å². The first-order chi connectivity index (χ1) is 9.34. The van der Waals surface area contributed by atoms with E-state index in [1.54, 1.807) is 0 Å². The van der Waals surface area contributed by atoms with Gasteiger partial charge in [0.15, 0.2) is 0 Å². The Hall–Kier alpha value is -1.87. The molecule has 0 spiro atoms. The van der Waals surface area contributed by atoms with Gasteiger partial charge in [0.05, 0.1) is 6.61 Å². The van der Waals surface area contributed by atoms with Crippen LogP contribution in [0, 0.1) is 0 Å². The smallest absolute Gasteiger partial charge is 0.127 e. The number of para-hydroxylation sites is 1. The summed E-state index contributed by atoms with van der Waals surface area (Å²) in [4.78, 5) is 4.03. The van der Waals surface area contributed by atoms with Gasteiger partial charge in [-0.25, -0.2) is 0 Å². The summed E-state index contributed by atoms with van der Waals surface area (Å²) in [6.45, 7) is 0.781. The highest BCUT2D eigenvalue weighted by atomic mass is 16.5. The molecule has 0 amide bonds. The normalized spacial score (nSPS) is 14.8. The summed E-state index contributed by atoms with van der Waals surface area (Å²) in [5.74, 6) is 1.02. The molecule has 1 aromatic heterocycles. The highest BCUT2D eigenvalue weighted by Crippen LogP contribution is 2.33. The van der Waals surface area contributed by atoms with Crippen molar-refractivity contribution in [3.05, 3.63) is 59.4 Å². The van der Waals surface area contributed by atoms with Gasteiger partial charge < -0.3 is 10.5 Å². The molecular weight excluding hydrogens is 236 g/mol. The molecule has 0 saturated carbocycles. The molecule has 3 nitrogen and oxygen atoms in total. The largest absolute Gasteiger partial charge is 0.493 e. The molecule has 3 heteroatoms. The molecule has 1 aliphatic heterocycles. The van der Waals surface area contributed by atoms with Crippen molar-refractivity contribution < 1.29 is 4.74 Å². The first-order valence-electron chi connectivity index (χ1n) is 6.73. The van der Waals surface area contributed by atoms with Crippen LogP contribution in [-0.4, -0.2) is 11.6 Å². The fraction of sp³-hybridized carbons (Fsp3) is 0.312. The van der Waals surface area contributed by atoms with Crippen LogP contribution in [0.1, 0.15) is 29.2 Å². The molecule has 2 heterocycles. The highest BCUT2D eigenvalue weighted by Gasteiger charge is 2.19. The molecule has 3 rings (SSSR count). The molecule has 1 aromatic carbocycles. The summed E-state index contributed by atoms with van der Waals surface area (Å²) in [5, 5.41) is 0. The van der Waals surface area contributed by atoms with Crippen molar-refractivity contribution in [1.82, 2.24) is 4.98 Å². The Labute approximate surface area is 113 Å². The Morgan fingerprint density at radius 2 is 2.05 bits per heavy atom. The molecule has 1 atom stereocenters. The topological polar surface area (TPSA) is 48.1 Å². The first kappa shape index (κ1) is 12.2. The average Bonchev–Trinajstić information content (AvgIpc) is 2.94. The van der Waals surface area contributed by atoms with E-state index in [9.17, 15) is 0 Å². The number of aromatic nitrogens is 1. The third-order valence-corrected chi connectivity index (χ3v) is 3.64. The molecule has 0 fully saturated rings. The van der Waals surface area contributed by atoms with Gasteiger partial charge in [0, 0.05) is 30.4 Å². The van der Waals surface area contributed by atoms with Gasteiger partial charge in [0.25, 0.3) is 0 Å². The lowest BCUT2D eigenvalue weighted by atomic mass is 9.97. The van der Waals surface area contributed by atoms with Crippen LogP contribution in [0.15, 0.2) is 42.7 Å². The molecule has 0 saturated heterocycles. The van der Waals surface area contributed by atoms with Gasteiger partial charge in [-0.3, -0.25) is 4.98 Å². The average molecular weight is 254 g/mol. The molecule has 0 bridgehead atoms. The fourth-order valence-corrected chi connectivity index (χ4v) is 2.56. The lowest BCUT2D eigenvalue weighted by Gasteiger charge is -2.15. The lowest BCUT2D eigenvalue weighted by Crippen LogP contribution is -2.12. The van der Waals surface area contributed by atoms with Gasteiger partial charge in [-0.15, -0.1) is 0 Å². The van der Waals surface area contributed by atoms with Crippen molar-refractivity contribution in [2.24, 2.45) is 5.73 Å². The molecule has 2 aromatic rings. The Bertz CT molecular complexity index is 554. The van der Waals surface area contributed by atoms with E-state index in [4.69, 9.17) is 10.5 Å². The molecule has 1 aliphatic rings. The van der Waals surface area contributed by atoms with Crippen LogP contribution in [0.5, 0.6) is 5.75 Å². The van der Waals surface area contributed by atoms with Crippen LogP contribution in [0.2, 0.25) is 0 Å². The number of pyridine rings is 1. The monoisotopic (exact) mass is 254 g/mol. The Morgan fingerprint density at radius 3 is 2.89 bits per heavy atom. The zero-order valence-corrected chi connectivity index (χ0v) is 10.9. The minimum absolute atomic E-state index is 0.0289. The summed E-state index contributed by atoms with van der Waals surface area (Å²) < 4.78 is 5.71. The van der Waals surface area contributed by atoms with Crippen LogP contribution in [0.25, 0.3) is 0 Å². The number of nitrogens with zero attached hydrogens (tertiary/aromatic N) is 1. The molecule has 19 heavy (non-hydrogen) atoms. The van der Waals surface area contributed by atoms with E-state index in [1.165, 1.54) is 11.1 Å². The van der Waals surface area contributed by atoms with E-state index in [2.05, 4.69) is 23.2 Å². The number of rotatable bonds is 4. The van der Waals surface area contributed by atoms with Crippen molar-refractivity contribution in [2.75, 3.05) is 6.61 Å². The molecule has 0 radical (unpaired) electrons. The number of hydrogen-bond acceptors (Lipinski definition) is 3. The standard InChI is InChI=1S/C16H18N2O/c17-15(5-4-12-6-9-18-10-7-12)14-3-1-2-13-8-11-19-16(13)14/h1-3,6-7,9-10,15H,4-5,8,11,17H2. The van der Waals surface area contributed by atoms with E-state index < -0.39 is 0 Å². The van der Waals surface area contributed by atoms with E-state index in [1.807, 2.05) is 24.5 Å². The second-order valence-electron chi connectivity index (χ2n) is 4.93. The summed E-state index contributed by atoms with van der Waals surface area (Å²) in [7, 11) is 0. The summed E-state index contributed by atoms with van der Waals surface area (Å²) in [6, 6.07) is 10.4. The molecular formula is C16H18N2O. The van der Waals surface area contributed by atoms with Gasteiger partial charge in [0.2, 0.25) is 0 Å². The van der Waals surface area contributed by atoms with Crippen LogP contribution in [-0.2, 0) is 12.8 Å². The van der Waals surface area contributed by atoms with E-state index in [0.717, 1.165) is 37.2 Å². The maximum Gasteiger partial charge on any atom is 0.127 e. The molecule has 98 valence electrons. The number of ether oxygens (including phenoxy) is 1. The lowest BCUT2D eigenvalue weighted by molar-refractivity contribution is 0.350. The zero-order valence-electron chi connectivity index (χ0n) is 10.9. The van der Waals surface area contributed by atoms with Gasteiger partial charge in [-0.05, 0) is 36.1 Å². The second kappa shape index (κ2) is 5.41. The quantitative estimate of drug-likeness (QED) is 0.912. The summed E-state index contributed by atoms with van der Waals surface area (Å²) in [5.41, 5.74) is 10.0. The number of nitrogens with two attached hydrogens (primary N) is 1. The Morgan fingerprint density at radius 1 is 1.21 bits per heavy atom. The van der Waals surface area contributed by atoms with E-state index in [0.29, 0.717) is 0 Å². The third kappa shape index (κ3) is 2.61. The van der Waals surface area contributed by atoms with Crippen LogP contribution in [0.4, 0.5) is 0 Å². The second-order valence-corrected chi connectivity index (χ2v) is 4.93. The minimum atomic E-state index is 0.0289. The number of aryl methyl sites for hydroxylation is 1. The maximum atomic E-state index is 6.32. The van der Waals surface area contributed by atoms with Gasteiger partial charge in [-0.2, -0.15) is 0 Å². The van der Waals surface area contributed by atoms with E-state index >= 15 is 0 Å². The van der Waals surface area contributed by atoms with Crippen molar-refractivity contribution in [1.29, 1.82) is 0 Å². The minimum Gasteiger partial charge on any atom is -0.493 e. The fourth-order valence-electron chi connectivity index (χ4n) is 2.56. The molecule has 2 N–H and O–H groups in total. The predicted octanol–water partition coefficient (Wildman–Crippen LogP) is 2.65. The number of fused-ring (bicyclic) bond motifs is 1. The third-order valence-electron chi connectivity index (χ3n) is 3.64. The zero-order chi connectivity index (χ0) is 13.1. The van der Waals surface area contributed by atoms with Crippen LogP contribution in [0.3, 0.4) is 0 Å². The van der Waals surface area contributed by atoms with Crippen molar-refractivity contribution in [2.45, 2.75) is 25.3 Å². The first-order valence-corrected chi connectivity index (χ1v) is 6.73. The van der Waals surface area contributed by atoms with Gasteiger partial charge in [0.1, 0.15) is 5.75 Å². The summed E-state index contributed by atoms with van der Waals surface area (Å²) >= 11 is 0. The van der Waals surface area contributed by atoms with Gasteiger partial charge in [-0.1, -0.05) is 18.2 Å². The SMILES string of the molecule is NC(CCc1ccncc1)c1cccc2c1OCC2. The van der Waals surface area contributed by atoms with Gasteiger partial charge >= 0.3 is 0 Å². The number of hydrogen-bond donors (Lipinski definition) is 1.